The predicted molar refractivity (Wildman–Crippen MR) is 47.5 cm³/mol. The van der Waals surface area contributed by atoms with Gasteiger partial charge in [-0.05, 0) is 6.92 Å². The van der Waals surface area contributed by atoms with Gasteiger partial charge in [0.25, 0.3) is 0 Å². The van der Waals surface area contributed by atoms with Crippen molar-refractivity contribution >= 4 is 17.6 Å². The average molecular weight is 202 g/mol. The Balaban J connectivity index is 3.38. The Morgan fingerprint density at radius 1 is 1.69 bits per heavy atom. The zero-order valence-electron chi connectivity index (χ0n) is 7.17. The molecule has 0 saturated heterocycles. The number of rotatable bonds is 2. The summed E-state index contributed by atoms with van der Waals surface area (Å²) in [6, 6.07) is 0. The molecule has 0 aromatic carbocycles. The fraction of sp³-hybridized carbons (Fsp3) is 0.250. The van der Waals surface area contributed by atoms with E-state index < -0.39 is 5.97 Å². The predicted octanol–water partition coefficient (Wildman–Crippen LogP) is 1.75. The van der Waals surface area contributed by atoms with E-state index in [9.17, 15) is 4.79 Å². The number of pyridine rings is 1. The average Bonchev–Trinajstić information content (AvgIpc) is 2.09. The molecule has 0 saturated carbocycles. The van der Waals surface area contributed by atoms with Crippen LogP contribution in [0, 0.1) is 6.92 Å². The van der Waals surface area contributed by atoms with Gasteiger partial charge >= 0.3 is 5.97 Å². The zero-order chi connectivity index (χ0) is 10.0. The smallest absolute Gasteiger partial charge is 0.341 e. The quantitative estimate of drug-likeness (QED) is 0.741. The van der Waals surface area contributed by atoms with Crippen LogP contribution in [0.3, 0.4) is 0 Å². The number of aromatic nitrogens is 1. The number of carbonyl (C=O) groups is 1. The molecular weight excluding hydrogens is 194 g/mol. The Morgan fingerprint density at radius 3 is 2.77 bits per heavy atom. The Labute approximate surface area is 80.1 Å². The largest absolute Gasteiger partial charge is 0.495 e. The molecule has 1 rings (SSSR count). The monoisotopic (exact) mass is 201 g/mol. The van der Waals surface area contributed by atoms with Crippen molar-refractivity contribution in [3.05, 3.63) is 22.5 Å². The van der Waals surface area contributed by atoms with E-state index in [4.69, 9.17) is 21.4 Å². The third kappa shape index (κ3) is 1.72. The second kappa shape index (κ2) is 3.62. The highest BCUT2D eigenvalue weighted by molar-refractivity contribution is 6.30. The summed E-state index contributed by atoms with van der Waals surface area (Å²) in [6.07, 6.45) is 1.18. The van der Waals surface area contributed by atoms with Crippen molar-refractivity contribution in [1.29, 1.82) is 0 Å². The normalized spacial score (nSPS) is 9.77. The number of nitrogens with zero attached hydrogens (tertiary/aromatic N) is 1. The molecule has 0 aliphatic carbocycles. The molecule has 0 atom stereocenters. The van der Waals surface area contributed by atoms with Gasteiger partial charge in [0, 0.05) is 11.8 Å². The first kappa shape index (κ1) is 9.80. The maximum absolute atomic E-state index is 10.7. The summed E-state index contributed by atoms with van der Waals surface area (Å²) in [5.41, 5.74) is 0.550. The van der Waals surface area contributed by atoms with Gasteiger partial charge in [0.15, 0.2) is 0 Å². The number of halogens is 1. The van der Waals surface area contributed by atoms with E-state index in [2.05, 4.69) is 4.98 Å². The van der Waals surface area contributed by atoms with Crippen LogP contribution in [0.5, 0.6) is 5.75 Å². The number of carboxylic acids is 1. The minimum Gasteiger partial charge on any atom is -0.495 e. The van der Waals surface area contributed by atoms with Crippen LogP contribution in [-0.2, 0) is 0 Å². The number of hydrogen-bond donors (Lipinski definition) is 1. The molecule has 0 aliphatic heterocycles. The molecular formula is C8H8ClNO3. The van der Waals surface area contributed by atoms with Crippen LogP contribution in [0.25, 0.3) is 0 Å². The number of methoxy groups -OCH3 is 1. The van der Waals surface area contributed by atoms with Crippen molar-refractivity contribution in [1.82, 2.24) is 4.98 Å². The van der Waals surface area contributed by atoms with Gasteiger partial charge in [0.1, 0.15) is 16.5 Å². The van der Waals surface area contributed by atoms with Crippen LogP contribution >= 0.6 is 11.6 Å². The molecule has 1 aromatic heterocycles. The second-order valence-corrected chi connectivity index (χ2v) is 2.78. The minimum absolute atomic E-state index is 0.0180. The van der Waals surface area contributed by atoms with Gasteiger partial charge in [-0.3, -0.25) is 0 Å². The van der Waals surface area contributed by atoms with Crippen molar-refractivity contribution in [3.63, 3.8) is 0 Å². The molecule has 1 N–H and O–H groups in total. The fourth-order valence-electron chi connectivity index (χ4n) is 0.988. The molecule has 1 heterocycles. The first-order chi connectivity index (χ1) is 6.07. The fourth-order valence-corrected chi connectivity index (χ4v) is 1.12. The van der Waals surface area contributed by atoms with E-state index in [1.807, 2.05) is 0 Å². The van der Waals surface area contributed by atoms with Crippen LogP contribution in [0.4, 0.5) is 0 Å². The molecule has 0 radical (unpaired) electrons. The Hall–Kier alpha value is -1.29. The van der Waals surface area contributed by atoms with Crippen molar-refractivity contribution in [2.24, 2.45) is 0 Å². The SMILES string of the molecule is COc1c(C(=O)O)cnc(Cl)c1C. The zero-order valence-corrected chi connectivity index (χ0v) is 7.92. The number of hydrogen-bond acceptors (Lipinski definition) is 3. The van der Waals surface area contributed by atoms with Crippen LogP contribution in [0.2, 0.25) is 5.15 Å². The summed E-state index contributed by atoms with van der Waals surface area (Å²) in [6.45, 7) is 1.65. The molecule has 0 amide bonds. The van der Waals surface area contributed by atoms with Crippen LogP contribution in [0.15, 0.2) is 6.20 Å². The lowest BCUT2D eigenvalue weighted by Gasteiger charge is -2.08. The third-order valence-corrected chi connectivity index (χ3v) is 2.02. The lowest BCUT2D eigenvalue weighted by molar-refractivity contribution is 0.0692. The summed E-state index contributed by atoms with van der Waals surface area (Å²) in [4.78, 5) is 14.4. The van der Waals surface area contributed by atoms with Crippen molar-refractivity contribution < 1.29 is 14.6 Å². The Kier molecular flexibility index (Phi) is 2.72. The lowest BCUT2D eigenvalue weighted by atomic mass is 10.2. The molecule has 1 aromatic rings. The molecule has 5 heteroatoms. The van der Waals surface area contributed by atoms with Gasteiger partial charge in [0.05, 0.1) is 7.11 Å². The van der Waals surface area contributed by atoms with Gasteiger partial charge in [-0.25, -0.2) is 9.78 Å². The van der Waals surface area contributed by atoms with E-state index >= 15 is 0 Å². The van der Waals surface area contributed by atoms with Gasteiger partial charge < -0.3 is 9.84 Å². The Morgan fingerprint density at radius 2 is 2.31 bits per heavy atom. The van der Waals surface area contributed by atoms with Crippen LogP contribution < -0.4 is 4.74 Å². The van der Waals surface area contributed by atoms with E-state index in [-0.39, 0.29) is 16.5 Å². The molecule has 0 unspecified atom stereocenters. The Bertz CT molecular complexity index is 351. The highest BCUT2D eigenvalue weighted by Crippen LogP contribution is 2.27. The highest BCUT2D eigenvalue weighted by Gasteiger charge is 2.15. The molecule has 70 valence electrons. The third-order valence-electron chi connectivity index (χ3n) is 1.64. The number of aromatic carboxylic acids is 1. The van der Waals surface area contributed by atoms with Crippen molar-refractivity contribution in [3.8, 4) is 5.75 Å². The van der Waals surface area contributed by atoms with E-state index in [1.54, 1.807) is 6.92 Å². The standard InChI is InChI=1S/C8H8ClNO3/c1-4-6(13-2)5(8(11)12)3-10-7(4)9/h3H,1-2H3,(H,11,12). The molecule has 0 spiro atoms. The van der Waals surface area contributed by atoms with Gasteiger partial charge in [-0.1, -0.05) is 11.6 Å². The van der Waals surface area contributed by atoms with Crippen LogP contribution in [-0.4, -0.2) is 23.2 Å². The van der Waals surface area contributed by atoms with Gasteiger partial charge in [-0.15, -0.1) is 0 Å². The topological polar surface area (TPSA) is 59.4 Å². The van der Waals surface area contributed by atoms with E-state index in [1.165, 1.54) is 13.3 Å². The maximum atomic E-state index is 10.7. The summed E-state index contributed by atoms with van der Waals surface area (Å²) in [5, 5.41) is 9.00. The van der Waals surface area contributed by atoms with Gasteiger partial charge in [0.2, 0.25) is 0 Å². The highest BCUT2D eigenvalue weighted by atomic mass is 35.5. The van der Waals surface area contributed by atoms with E-state index in [0.717, 1.165) is 0 Å². The number of ether oxygens (including phenoxy) is 1. The molecule has 0 fully saturated rings. The van der Waals surface area contributed by atoms with Crippen molar-refractivity contribution in [2.45, 2.75) is 6.92 Å². The van der Waals surface area contributed by atoms with Gasteiger partial charge in [-0.2, -0.15) is 0 Å². The first-order valence-electron chi connectivity index (χ1n) is 3.50. The lowest BCUT2D eigenvalue weighted by Crippen LogP contribution is -2.03. The molecule has 13 heavy (non-hydrogen) atoms. The molecule has 0 bridgehead atoms. The summed E-state index contributed by atoms with van der Waals surface area (Å²) in [7, 11) is 1.39. The summed E-state index contributed by atoms with van der Waals surface area (Å²) >= 11 is 5.69. The number of carboxylic acid groups (broad SMARTS) is 1. The van der Waals surface area contributed by atoms with E-state index in [0.29, 0.717) is 5.56 Å². The minimum atomic E-state index is -1.08. The maximum Gasteiger partial charge on any atom is 0.341 e. The second-order valence-electron chi connectivity index (χ2n) is 2.43. The first-order valence-corrected chi connectivity index (χ1v) is 3.88. The van der Waals surface area contributed by atoms with Crippen LogP contribution in [0.1, 0.15) is 15.9 Å². The summed E-state index contributed by atoms with van der Waals surface area (Å²) < 4.78 is 4.91. The molecule has 0 aliphatic rings. The van der Waals surface area contributed by atoms with Crippen molar-refractivity contribution in [2.75, 3.05) is 7.11 Å². The summed E-state index contributed by atoms with van der Waals surface area (Å²) in [5.74, 6) is -0.823. The molecule has 4 nitrogen and oxygen atoms in total.